The van der Waals surface area contributed by atoms with Gasteiger partial charge in [-0.2, -0.15) is 0 Å². The van der Waals surface area contributed by atoms with Crippen LogP contribution in [0.2, 0.25) is 0 Å². The lowest BCUT2D eigenvalue weighted by molar-refractivity contribution is 0.0601. The molecule has 0 aliphatic heterocycles. The van der Waals surface area contributed by atoms with Crippen LogP contribution in [-0.4, -0.2) is 18.2 Å². The van der Waals surface area contributed by atoms with Gasteiger partial charge in [-0.1, -0.05) is 35.9 Å². The summed E-state index contributed by atoms with van der Waals surface area (Å²) in [5.41, 5.74) is 3.60. The Bertz CT molecular complexity index is 698. The molecular weight excluding hydrogens is 308 g/mol. The topological polar surface area (TPSA) is 50.4 Å². The summed E-state index contributed by atoms with van der Waals surface area (Å²) in [4.78, 5) is 11.5. The highest BCUT2D eigenvalue weighted by molar-refractivity contribution is 7.80. The van der Waals surface area contributed by atoms with E-state index < -0.39 is 0 Å². The van der Waals surface area contributed by atoms with Crippen LogP contribution in [0.25, 0.3) is 0 Å². The van der Waals surface area contributed by atoms with Gasteiger partial charge in [0.15, 0.2) is 5.11 Å². The molecule has 2 N–H and O–H groups in total. The van der Waals surface area contributed by atoms with Crippen molar-refractivity contribution in [3.63, 3.8) is 0 Å². The van der Waals surface area contributed by atoms with Gasteiger partial charge in [-0.15, -0.1) is 0 Å². The van der Waals surface area contributed by atoms with E-state index in [1.165, 1.54) is 12.7 Å². The molecule has 0 unspecified atom stereocenters. The van der Waals surface area contributed by atoms with E-state index in [0.717, 1.165) is 11.3 Å². The van der Waals surface area contributed by atoms with Gasteiger partial charge in [-0.25, -0.2) is 4.79 Å². The first-order valence-electron chi connectivity index (χ1n) is 7.32. The van der Waals surface area contributed by atoms with Crippen molar-refractivity contribution >= 4 is 29.0 Å². The number of carbonyl (C=O) groups excluding carboxylic acids is 1. The van der Waals surface area contributed by atoms with Crippen molar-refractivity contribution in [1.29, 1.82) is 0 Å². The van der Waals surface area contributed by atoms with Crippen molar-refractivity contribution in [2.45, 2.75) is 19.9 Å². The lowest BCUT2D eigenvalue weighted by Gasteiger charge is -2.18. The summed E-state index contributed by atoms with van der Waals surface area (Å²) in [6.45, 7) is 4.10. The smallest absolute Gasteiger partial charge is 0.337 e. The van der Waals surface area contributed by atoms with Crippen LogP contribution in [0, 0.1) is 6.92 Å². The molecule has 0 saturated heterocycles. The highest BCUT2D eigenvalue weighted by atomic mass is 32.1. The van der Waals surface area contributed by atoms with E-state index in [9.17, 15) is 4.79 Å². The average molecular weight is 328 g/mol. The van der Waals surface area contributed by atoms with E-state index in [4.69, 9.17) is 17.0 Å². The quantitative estimate of drug-likeness (QED) is 0.660. The molecule has 0 heterocycles. The predicted molar refractivity (Wildman–Crippen MR) is 96.7 cm³/mol. The molecule has 4 nitrogen and oxygen atoms in total. The van der Waals surface area contributed by atoms with E-state index in [1.807, 2.05) is 13.0 Å². The number of rotatable bonds is 4. The molecule has 23 heavy (non-hydrogen) atoms. The first-order chi connectivity index (χ1) is 11.0. The van der Waals surface area contributed by atoms with Crippen LogP contribution in [0.15, 0.2) is 48.5 Å². The third-order valence-corrected chi connectivity index (χ3v) is 3.69. The summed E-state index contributed by atoms with van der Waals surface area (Å²) >= 11 is 5.34. The van der Waals surface area contributed by atoms with Crippen LogP contribution in [0.1, 0.15) is 34.5 Å². The number of carbonyl (C=O) groups is 1. The molecule has 0 aliphatic carbocycles. The van der Waals surface area contributed by atoms with Crippen molar-refractivity contribution in [3.8, 4) is 0 Å². The summed E-state index contributed by atoms with van der Waals surface area (Å²) in [5.74, 6) is -0.374. The molecule has 0 aromatic heterocycles. The lowest BCUT2D eigenvalue weighted by Crippen LogP contribution is -2.30. The fourth-order valence-electron chi connectivity index (χ4n) is 2.14. The third kappa shape index (κ3) is 4.79. The SMILES string of the molecule is COC(=O)c1cccc(NC(=S)N[C@@H](C)c2ccc(C)cc2)c1. The molecule has 0 saturated carbocycles. The highest BCUT2D eigenvalue weighted by Crippen LogP contribution is 2.15. The van der Waals surface area contributed by atoms with Crippen LogP contribution in [0.3, 0.4) is 0 Å². The molecule has 0 spiro atoms. The second-order valence-corrected chi connectivity index (χ2v) is 5.71. The Morgan fingerprint density at radius 3 is 2.52 bits per heavy atom. The fraction of sp³-hybridized carbons (Fsp3) is 0.222. The zero-order chi connectivity index (χ0) is 16.8. The molecule has 2 aromatic rings. The molecule has 5 heteroatoms. The maximum absolute atomic E-state index is 11.5. The van der Waals surface area contributed by atoms with Crippen LogP contribution < -0.4 is 10.6 Å². The molecule has 1 atom stereocenters. The maximum atomic E-state index is 11.5. The maximum Gasteiger partial charge on any atom is 0.337 e. The Morgan fingerprint density at radius 2 is 1.87 bits per heavy atom. The Labute approximate surface area is 141 Å². The molecule has 0 radical (unpaired) electrons. The number of aryl methyl sites for hydroxylation is 1. The van der Waals surface area contributed by atoms with Crippen LogP contribution >= 0.6 is 12.2 Å². The number of hydrogen-bond acceptors (Lipinski definition) is 3. The van der Waals surface area contributed by atoms with Crippen molar-refractivity contribution < 1.29 is 9.53 Å². The number of thiocarbonyl (C=S) groups is 1. The number of anilines is 1. The molecule has 2 rings (SSSR count). The van der Waals surface area contributed by atoms with Gasteiger partial charge in [0.05, 0.1) is 18.7 Å². The van der Waals surface area contributed by atoms with Crippen molar-refractivity contribution in [2.75, 3.05) is 12.4 Å². The molecule has 0 amide bonds. The number of benzene rings is 2. The normalized spacial score (nSPS) is 11.4. The van der Waals surface area contributed by atoms with E-state index in [0.29, 0.717) is 10.7 Å². The van der Waals surface area contributed by atoms with Gasteiger partial charge < -0.3 is 15.4 Å². The molecule has 0 bridgehead atoms. The Balaban J connectivity index is 1.99. The Kier molecular flexibility index (Phi) is 5.71. The van der Waals surface area contributed by atoms with Gasteiger partial charge in [0.25, 0.3) is 0 Å². The minimum absolute atomic E-state index is 0.0828. The second-order valence-electron chi connectivity index (χ2n) is 5.30. The summed E-state index contributed by atoms with van der Waals surface area (Å²) in [6.07, 6.45) is 0. The highest BCUT2D eigenvalue weighted by Gasteiger charge is 2.09. The van der Waals surface area contributed by atoms with Crippen LogP contribution in [0.5, 0.6) is 0 Å². The average Bonchev–Trinajstić information content (AvgIpc) is 2.54. The summed E-state index contributed by atoms with van der Waals surface area (Å²) in [6, 6.07) is 15.4. The van der Waals surface area contributed by atoms with Crippen molar-refractivity contribution in [1.82, 2.24) is 5.32 Å². The molecular formula is C18H20N2O2S. The minimum atomic E-state index is -0.374. The number of hydrogen-bond donors (Lipinski definition) is 2. The fourth-order valence-corrected chi connectivity index (χ4v) is 2.44. The van der Waals surface area contributed by atoms with Gasteiger partial charge in [0, 0.05) is 5.69 Å². The van der Waals surface area contributed by atoms with Crippen LogP contribution in [0.4, 0.5) is 5.69 Å². The monoisotopic (exact) mass is 328 g/mol. The van der Waals surface area contributed by atoms with E-state index in [-0.39, 0.29) is 12.0 Å². The first kappa shape index (κ1) is 17.0. The number of methoxy groups -OCH3 is 1. The second kappa shape index (κ2) is 7.74. The van der Waals surface area contributed by atoms with E-state index in [1.54, 1.807) is 18.2 Å². The molecule has 120 valence electrons. The lowest BCUT2D eigenvalue weighted by atomic mass is 10.1. The van der Waals surface area contributed by atoms with Gasteiger partial charge >= 0.3 is 5.97 Å². The zero-order valence-corrected chi connectivity index (χ0v) is 14.2. The van der Waals surface area contributed by atoms with E-state index in [2.05, 4.69) is 41.8 Å². The van der Waals surface area contributed by atoms with Crippen molar-refractivity contribution in [3.05, 3.63) is 65.2 Å². The Morgan fingerprint density at radius 1 is 1.17 bits per heavy atom. The first-order valence-corrected chi connectivity index (χ1v) is 7.73. The van der Waals surface area contributed by atoms with E-state index >= 15 is 0 Å². The number of nitrogens with one attached hydrogen (secondary N) is 2. The molecule has 0 aliphatic rings. The summed E-state index contributed by atoms with van der Waals surface area (Å²) in [7, 11) is 1.36. The molecule has 0 fully saturated rings. The van der Waals surface area contributed by atoms with Gasteiger partial charge in [-0.3, -0.25) is 0 Å². The van der Waals surface area contributed by atoms with Crippen molar-refractivity contribution in [2.24, 2.45) is 0 Å². The zero-order valence-electron chi connectivity index (χ0n) is 13.4. The minimum Gasteiger partial charge on any atom is -0.465 e. The largest absolute Gasteiger partial charge is 0.465 e. The number of ether oxygens (including phenoxy) is 1. The standard InChI is InChI=1S/C18H20N2O2S/c1-12-7-9-14(10-8-12)13(2)19-18(23)20-16-6-4-5-15(11-16)17(21)22-3/h4-11,13H,1-3H3,(H2,19,20,23)/t13-/m0/s1. The number of esters is 1. The summed E-state index contributed by atoms with van der Waals surface area (Å²) < 4.78 is 4.71. The third-order valence-electron chi connectivity index (χ3n) is 3.47. The van der Waals surface area contributed by atoms with Crippen LogP contribution in [-0.2, 0) is 4.74 Å². The molecule has 2 aromatic carbocycles. The van der Waals surface area contributed by atoms with Gasteiger partial charge in [0.2, 0.25) is 0 Å². The van der Waals surface area contributed by atoms with Gasteiger partial charge in [0.1, 0.15) is 0 Å². The van der Waals surface area contributed by atoms with Gasteiger partial charge in [-0.05, 0) is 49.8 Å². The summed E-state index contributed by atoms with van der Waals surface area (Å²) in [5, 5.41) is 6.82. The Hall–Kier alpha value is -2.40. The predicted octanol–water partition coefficient (Wildman–Crippen LogP) is 3.83.